The van der Waals surface area contributed by atoms with Crippen LogP contribution in [0.1, 0.15) is 5.69 Å². The molecule has 1 rings (SSSR count). The number of hydrogen-bond donors (Lipinski definition) is 1. The Labute approximate surface area is 102 Å². The van der Waals surface area contributed by atoms with Crippen LogP contribution in [0, 0.1) is 0 Å². The van der Waals surface area contributed by atoms with E-state index in [1.807, 2.05) is 0 Å². The first kappa shape index (κ1) is 14.7. The fourth-order valence-corrected chi connectivity index (χ4v) is 1.25. The van der Waals surface area contributed by atoms with Crippen LogP contribution < -0.4 is 5.32 Å². The molecule has 8 heteroatoms. The van der Waals surface area contributed by atoms with Crippen LogP contribution in [0.15, 0.2) is 12.4 Å². The molecule has 1 aromatic rings. The third-order valence-corrected chi connectivity index (χ3v) is 2.08. The number of nitrogens with zero attached hydrogens (tertiary/aromatic N) is 2. The summed E-state index contributed by atoms with van der Waals surface area (Å²) in [5, 5.41) is 2.80. The van der Waals surface area contributed by atoms with Gasteiger partial charge in [0.15, 0.2) is 6.29 Å². The lowest BCUT2D eigenvalue weighted by molar-refractivity contribution is -0.127. The maximum Gasteiger partial charge on any atom is 0.394 e. The molecule has 0 unspecified atom stereocenters. The summed E-state index contributed by atoms with van der Waals surface area (Å²) in [5.74, 6) is 0.295. The molecular weight excluding hydrogens is 251 g/mol. The molecule has 0 saturated carbocycles. The molecule has 0 fully saturated rings. The van der Waals surface area contributed by atoms with Gasteiger partial charge in [0, 0.05) is 20.3 Å². The average molecular weight is 265 g/mol. The summed E-state index contributed by atoms with van der Waals surface area (Å²) in [4.78, 5) is 7.37. The summed E-state index contributed by atoms with van der Waals surface area (Å²) < 4.78 is 46.4. The number of methoxy groups -OCH3 is 2. The van der Waals surface area contributed by atoms with E-state index in [0.717, 1.165) is 6.33 Å². The minimum atomic E-state index is -4.28. The number of rotatable bonds is 6. The third kappa shape index (κ3) is 5.28. The lowest BCUT2D eigenvalue weighted by Gasteiger charge is -2.14. The minimum absolute atomic E-state index is 0.0913. The summed E-state index contributed by atoms with van der Waals surface area (Å²) in [6.07, 6.45) is -4.78. The van der Waals surface area contributed by atoms with E-state index in [1.165, 1.54) is 20.3 Å². The van der Waals surface area contributed by atoms with Gasteiger partial charge in [-0.05, 0) is 0 Å². The molecule has 0 bridgehead atoms. The van der Waals surface area contributed by atoms with E-state index in [4.69, 9.17) is 9.47 Å². The minimum Gasteiger partial charge on any atom is -0.365 e. The average Bonchev–Trinajstić information content (AvgIpc) is 2.28. The molecule has 0 aromatic carbocycles. The van der Waals surface area contributed by atoms with Crippen molar-refractivity contribution in [2.24, 2.45) is 0 Å². The zero-order chi connectivity index (χ0) is 13.6. The predicted molar refractivity (Wildman–Crippen MR) is 58.1 cm³/mol. The zero-order valence-corrected chi connectivity index (χ0v) is 9.99. The van der Waals surface area contributed by atoms with Gasteiger partial charge < -0.3 is 14.8 Å². The van der Waals surface area contributed by atoms with Crippen LogP contribution in [0.3, 0.4) is 0 Å². The van der Waals surface area contributed by atoms with Gasteiger partial charge in [0.25, 0.3) is 0 Å². The van der Waals surface area contributed by atoms with Gasteiger partial charge in [0.1, 0.15) is 12.1 Å². The van der Waals surface area contributed by atoms with E-state index in [9.17, 15) is 13.2 Å². The first-order chi connectivity index (χ1) is 8.44. The number of anilines is 1. The van der Waals surface area contributed by atoms with Gasteiger partial charge >= 0.3 is 6.18 Å². The number of hydrogen-bond acceptors (Lipinski definition) is 5. The Balaban J connectivity index is 2.59. The highest BCUT2D eigenvalue weighted by molar-refractivity contribution is 5.34. The van der Waals surface area contributed by atoms with Crippen molar-refractivity contribution in [2.75, 3.05) is 26.1 Å². The summed E-state index contributed by atoms with van der Waals surface area (Å²) in [5.41, 5.74) is -0.0913. The molecular formula is C10H14F3N3O2. The van der Waals surface area contributed by atoms with Crippen molar-refractivity contribution in [3.63, 3.8) is 0 Å². The Morgan fingerprint density at radius 2 is 1.94 bits per heavy atom. The molecule has 18 heavy (non-hydrogen) atoms. The van der Waals surface area contributed by atoms with Crippen LogP contribution in [-0.2, 0) is 15.9 Å². The summed E-state index contributed by atoms with van der Waals surface area (Å²) >= 11 is 0. The Hall–Kier alpha value is -1.41. The molecule has 0 atom stereocenters. The van der Waals surface area contributed by atoms with Crippen molar-refractivity contribution in [2.45, 2.75) is 18.9 Å². The molecule has 0 radical (unpaired) electrons. The molecule has 1 aromatic heterocycles. The van der Waals surface area contributed by atoms with Gasteiger partial charge in [-0.3, -0.25) is 0 Å². The fourth-order valence-electron chi connectivity index (χ4n) is 1.25. The van der Waals surface area contributed by atoms with Crippen molar-refractivity contribution in [3.05, 3.63) is 18.1 Å². The third-order valence-electron chi connectivity index (χ3n) is 2.08. The van der Waals surface area contributed by atoms with Crippen LogP contribution >= 0.6 is 0 Å². The molecule has 5 nitrogen and oxygen atoms in total. The molecule has 102 valence electrons. The monoisotopic (exact) mass is 265 g/mol. The van der Waals surface area contributed by atoms with Crippen molar-refractivity contribution in [1.82, 2.24) is 9.97 Å². The zero-order valence-electron chi connectivity index (χ0n) is 9.99. The second-order valence-electron chi connectivity index (χ2n) is 3.47. The maximum atomic E-state index is 12.2. The van der Waals surface area contributed by atoms with Crippen molar-refractivity contribution >= 4 is 5.82 Å². The lowest BCUT2D eigenvalue weighted by Crippen LogP contribution is -2.24. The molecule has 1 N–H and O–H groups in total. The summed E-state index contributed by atoms with van der Waals surface area (Å²) in [7, 11) is 2.93. The standard InChI is InChI=1S/C10H14F3N3O2/c1-17-9(18-2)5-14-8-3-7(15-6-16-8)4-10(11,12)13/h3,6,9H,4-5H2,1-2H3,(H,14,15,16). The van der Waals surface area contributed by atoms with E-state index >= 15 is 0 Å². The van der Waals surface area contributed by atoms with E-state index < -0.39 is 18.9 Å². The van der Waals surface area contributed by atoms with Crippen molar-refractivity contribution < 1.29 is 22.6 Å². The number of halogens is 3. The highest BCUT2D eigenvalue weighted by Crippen LogP contribution is 2.20. The Kier molecular flexibility index (Phi) is 5.29. The number of nitrogens with one attached hydrogen (secondary N) is 1. The summed E-state index contributed by atoms with van der Waals surface area (Å²) in [6, 6.07) is 1.25. The highest BCUT2D eigenvalue weighted by Gasteiger charge is 2.28. The first-order valence-corrected chi connectivity index (χ1v) is 5.11. The predicted octanol–water partition coefficient (Wildman–Crippen LogP) is 1.61. The fraction of sp³-hybridized carbons (Fsp3) is 0.600. The molecule has 0 aliphatic carbocycles. The molecule has 0 saturated heterocycles. The number of aromatic nitrogens is 2. The lowest BCUT2D eigenvalue weighted by atomic mass is 10.3. The summed E-state index contributed by atoms with van der Waals surface area (Å²) in [6.45, 7) is 0.273. The van der Waals surface area contributed by atoms with Gasteiger partial charge in [-0.2, -0.15) is 13.2 Å². The second kappa shape index (κ2) is 6.50. The largest absolute Gasteiger partial charge is 0.394 e. The quantitative estimate of drug-likeness (QED) is 0.792. The van der Waals surface area contributed by atoms with E-state index in [1.54, 1.807) is 0 Å². The molecule has 0 aliphatic rings. The number of ether oxygens (including phenoxy) is 2. The van der Waals surface area contributed by atoms with Gasteiger partial charge in [0.2, 0.25) is 0 Å². The topological polar surface area (TPSA) is 56.3 Å². The second-order valence-corrected chi connectivity index (χ2v) is 3.47. The number of alkyl halides is 3. The van der Waals surface area contributed by atoms with Crippen LogP contribution in [-0.4, -0.2) is 43.2 Å². The van der Waals surface area contributed by atoms with Crippen LogP contribution in [0.2, 0.25) is 0 Å². The van der Waals surface area contributed by atoms with E-state index in [-0.39, 0.29) is 12.2 Å². The Morgan fingerprint density at radius 3 is 2.50 bits per heavy atom. The SMILES string of the molecule is COC(CNc1cc(CC(F)(F)F)ncn1)OC. The van der Waals surface area contributed by atoms with Crippen molar-refractivity contribution in [1.29, 1.82) is 0 Å². The van der Waals surface area contributed by atoms with Crippen LogP contribution in [0.25, 0.3) is 0 Å². The van der Waals surface area contributed by atoms with Crippen molar-refractivity contribution in [3.8, 4) is 0 Å². The molecule has 0 aliphatic heterocycles. The van der Waals surface area contributed by atoms with E-state index in [0.29, 0.717) is 5.82 Å². The first-order valence-electron chi connectivity index (χ1n) is 5.11. The molecule has 1 heterocycles. The van der Waals surface area contributed by atoms with Gasteiger partial charge in [-0.1, -0.05) is 0 Å². The Morgan fingerprint density at radius 1 is 1.28 bits per heavy atom. The van der Waals surface area contributed by atoms with Crippen LogP contribution in [0.5, 0.6) is 0 Å². The maximum absolute atomic E-state index is 12.2. The van der Waals surface area contributed by atoms with Gasteiger partial charge in [-0.15, -0.1) is 0 Å². The van der Waals surface area contributed by atoms with Gasteiger partial charge in [0.05, 0.1) is 18.7 Å². The highest BCUT2D eigenvalue weighted by atomic mass is 19.4. The van der Waals surface area contributed by atoms with Gasteiger partial charge in [-0.25, -0.2) is 9.97 Å². The molecule has 0 amide bonds. The normalized spacial score (nSPS) is 11.9. The smallest absolute Gasteiger partial charge is 0.365 e. The Bertz CT molecular complexity index is 370. The van der Waals surface area contributed by atoms with Crippen LogP contribution in [0.4, 0.5) is 19.0 Å². The van der Waals surface area contributed by atoms with E-state index in [2.05, 4.69) is 15.3 Å². The molecule has 0 spiro atoms.